The highest BCUT2D eigenvalue weighted by Gasteiger charge is 2.20. The largest absolute Gasteiger partial charge is 1.00 e. The minimum atomic E-state index is -0.176. The van der Waals surface area contributed by atoms with Crippen LogP contribution in [0.15, 0.2) is 23.3 Å². The van der Waals surface area contributed by atoms with Crippen molar-refractivity contribution in [3.05, 3.63) is 23.3 Å². The number of carbonyl (C=O) groups excluding carboxylic acids is 2. The summed E-state index contributed by atoms with van der Waals surface area (Å²) < 4.78 is 5.94. The van der Waals surface area contributed by atoms with E-state index in [9.17, 15) is 9.59 Å². The van der Waals surface area contributed by atoms with Gasteiger partial charge >= 0.3 is 5.97 Å². The number of amides is 1. The molecule has 0 aliphatic rings. The van der Waals surface area contributed by atoms with Crippen LogP contribution < -0.4 is 17.7 Å². The molecule has 0 aliphatic heterocycles. The lowest BCUT2D eigenvalue weighted by molar-refractivity contribution is -0.883. The number of nitrogens with zero attached hydrogens (tertiary/aromatic N) is 1. The molecule has 0 radical (unpaired) electrons. The number of hydrogen-bond donors (Lipinski definition) is 1. The molecule has 0 aromatic heterocycles. The summed E-state index contributed by atoms with van der Waals surface area (Å²) in [5.41, 5.74) is 2.58. The lowest BCUT2D eigenvalue weighted by Crippen LogP contribution is -3.00. The maximum Gasteiger partial charge on any atom is 0.362 e. The average Bonchev–Trinajstić information content (AvgIpc) is 2.64. The number of carbonyl (C=O) groups is 2. The van der Waals surface area contributed by atoms with Crippen molar-refractivity contribution < 1.29 is 31.2 Å². The van der Waals surface area contributed by atoms with Crippen LogP contribution in [0.3, 0.4) is 0 Å². The van der Waals surface area contributed by atoms with E-state index in [1.165, 1.54) is 30.4 Å². The number of nitrogens with one attached hydrogen (secondary N) is 1. The van der Waals surface area contributed by atoms with Crippen molar-refractivity contribution in [2.24, 2.45) is 0 Å². The fourth-order valence-corrected chi connectivity index (χ4v) is 3.15. The van der Waals surface area contributed by atoms with Crippen LogP contribution in [0.5, 0.6) is 0 Å². The molecule has 0 saturated heterocycles. The molecule has 6 heteroatoms. The van der Waals surface area contributed by atoms with Crippen LogP contribution >= 0.6 is 0 Å². The summed E-state index contributed by atoms with van der Waals surface area (Å²) in [5.74, 6) is -0.0348. The van der Waals surface area contributed by atoms with E-state index in [2.05, 4.69) is 39.1 Å². The SMILES string of the molecule is CCCCCCCC(=O)NCCC[N+](C)(C)CC(=O)OC/C=C(\C)CCC=C(C)C.[Cl-]. The van der Waals surface area contributed by atoms with Crippen molar-refractivity contribution in [3.63, 3.8) is 0 Å². The highest BCUT2D eigenvalue weighted by molar-refractivity contribution is 5.75. The Morgan fingerprint density at radius 3 is 2.26 bits per heavy atom. The molecule has 0 rings (SSSR count). The zero-order valence-corrected chi connectivity index (χ0v) is 21.7. The molecule has 0 aliphatic carbocycles. The predicted octanol–water partition coefficient (Wildman–Crippen LogP) is 2.17. The number of rotatable bonds is 17. The summed E-state index contributed by atoms with van der Waals surface area (Å²) in [6.45, 7) is 10.6. The molecule has 0 unspecified atom stereocenters. The normalized spacial score (nSPS) is 11.5. The van der Waals surface area contributed by atoms with Gasteiger partial charge in [-0.15, -0.1) is 0 Å². The molecule has 0 heterocycles. The van der Waals surface area contributed by atoms with Gasteiger partial charge in [-0.1, -0.05) is 49.8 Å². The first-order valence-corrected chi connectivity index (χ1v) is 11.7. The molecular weight excluding hydrogens is 412 g/mol. The highest BCUT2D eigenvalue weighted by Crippen LogP contribution is 2.07. The Hall–Kier alpha value is -1.33. The van der Waals surface area contributed by atoms with Crippen molar-refractivity contribution in [3.8, 4) is 0 Å². The Morgan fingerprint density at radius 2 is 1.61 bits per heavy atom. The minimum absolute atomic E-state index is 0. The smallest absolute Gasteiger partial charge is 0.362 e. The van der Waals surface area contributed by atoms with Gasteiger partial charge in [-0.3, -0.25) is 4.79 Å². The second kappa shape index (κ2) is 19.4. The van der Waals surface area contributed by atoms with Gasteiger partial charge in [0.05, 0.1) is 20.6 Å². The molecular formula is C25H47ClN2O3. The Balaban J connectivity index is 0. The van der Waals surface area contributed by atoms with Crippen LogP contribution in [0.4, 0.5) is 0 Å². The van der Waals surface area contributed by atoms with Crippen LogP contribution in [0.1, 0.15) is 85.5 Å². The van der Waals surface area contributed by atoms with E-state index in [1.54, 1.807) is 0 Å². The van der Waals surface area contributed by atoms with Crippen LogP contribution in [-0.2, 0) is 14.3 Å². The summed E-state index contributed by atoms with van der Waals surface area (Å²) in [5, 5.41) is 2.99. The van der Waals surface area contributed by atoms with Crippen LogP contribution in [0, 0.1) is 0 Å². The van der Waals surface area contributed by atoms with E-state index in [0.717, 1.165) is 38.6 Å². The Morgan fingerprint density at radius 1 is 0.935 bits per heavy atom. The van der Waals surface area contributed by atoms with Gasteiger partial charge in [0.25, 0.3) is 0 Å². The van der Waals surface area contributed by atoms with Crippen molar-refractivity contribution in [1.29, 1.82) is 0 Å². The number of halogens is 1. The lowest BCUT2D eigenvalue weighted by atomic mass is 10.1. The fraction of sp³-hybridized carbons (Fsp3) is 0.760. The molecule has 0 spiro atoms. The Kier molecular flexibility index (Phi) is 19.9. The quantitative estimate of drug-likeness (QED) is 0.157. The molecule has 5 nitrogen and oxygen atoms in total. The molecule has 1 amide bonds. The Labute approximate surface area is 197 Å². The number of hydrogen-bond acceptors (Lipinski definition) is 3. The fourth-order valence-electron chi connectivity index (χ4n) is 3.15. The summed E-state index contributed by atoms with van der Waals surface area (Å²) in [7, 11) is 4.05. The first-order chi connectivity index (χ1) is 14.2. The molecule has 182 valence electrons. The maximum atomic E-state index is 12.1. The standard InChI is InChI=1S/C25H46N2O3.ClH/c1-7-8-9-10-11-16-24(28)26-18-13-19-27(5,6)21-25(29)30-20-17-23(4)15-12-14-22(2)3;/h14,17H,7-13,15-16,18-21H2,1-6H3;1H/b23-17+;. The summed E-state index contributed by atoms with van der Waals surface area (Å²) in [4.78, 5) is 24.0. The number of quaternary nitrogens is 1. The van der Waals surface area contributed by atoms with Crippen molar-refractivity contribution in [2.75, 3.05) is 40.3 Å². The van der Waals surface area contributed by atoms with E-state index >= 15 is 0 Å². The van der Waals surface area contributed by atoms with Gasteiger partial charge in [-0.25, -0.2) is 4.79 Å². The molecule has 0 bridgehead atoms. The number of likely N-dealkylation sites (N-methyl/N-ethyl adjacent to an activating group) is 1. The number of unbranched alkanes of at least 4 members (excludes halogenated alkanes) is 4. The molecule has 31 heavy (non-hydrogen) atoms. The lowest BCUT2D eigenvalue weighted by Gasteiger charge is -2.28. The third kappa shape index (κ3) is 21.7. The minimum Gasteiger partial charge on any atom is -1.00 e. The summed E-state index contributed by atoms with van der Waals surface area (Å²) in [6.07, 6.45) is 13.5. The maximum absolute atomic E-state index is 12.1. The third-order valence-electron chi connectivity index (χ3n) is 5.09. The number of allylic oxidation sites excluding steroid dienone is 3. The van der Waals surface area contributed by atoms with Gasteiger partial charge in [0.1, 0.15) is 6.61 Å². The first kappa shape index (κ1) is 31.9. The van der Waals surface area contributed by atoms with Gasteiger partial charge in [0.2, 0.25) is 5.91 Å². The number of esters is 1. The topological polar surface area (TPSA) is 55.4 Å². The summed E-state index contributed by atoms with van der Waals surface area (Å²) >= 11 is 0. The molecule has 0 aromatic carbocycles. The van der Waals surface area contributed by atoms with Crippen LogP contribution in [-0.4, -0.2) is 56.7 Å². The van der Waals surface area contributed by atoms with Gasteiger partial charge in [0, 0.05) is 19.4 Å². The molecule has 0 fully saturated rings. The zero-order chi connectivity index (χ0) is 22.8. The zero-order valence-electron chi connectivity index (χ0n) is 20.9. The molecule has 0 saturated carbocycles. The van der Waals surface area contributed by atoms with Crippen LogP contribution in [0.25, 0.3) is 0 Å². The van der Waals surface area contributed by atoms with Crippen molar-refractivity contribution in [2.45, 2.75) is 85.5 Å². The van der Waals surface area contributed by atoms with Crippen LogP contribution in [0.2, 0.25) is 0 Å². The van der Waals surface area contributed by atoms with Gasteiger partial charge in [-0.05, 0) is 46.1 Å². The first-order valence-electron chi connectivity index (χ1n) is 11.7. The van der Waals surface area contributed by atoms with Gasteiger partial charge in [-0.2, -0.15) is 0 Å². The van der Waals surface area contributed by atoms with E-state index in [0.29, 0.717) is 30.6 Å². The van der Waals surface area contributed by atoms with E-state index in [-0.39, 0.29) is 24.3 Å². The summed E-state index contributed by atoms with van der Waals surface area (Å²) in [6, 6.07) is 0. The van der Waals surface area contributed by atoms with Gasteiger partial charge < -0.3 is 26.9 Å². The molecule has 0 atom stereocenters. The monoisotopic (exact) mass is 458 g/mol. The van der Waals surface area contributed by atoms with E-state index in [4.69, 9.17) is 4.74 Å². The predicted molar refractivity (Wildman–Crippen MR) is 126 cm³/mol. The second-order valence-electron chi connectivity index (χ2n) is 9.24. The van der Waals surface area contributed by atoms with Crippen molar-refractivity contribution in [1.82, 2.24) is 5.32 Å². The van der Waals surface area contributed by atoms with E-state index in [1.807, 2.05) is 20.2 Å². The second-order valence-corrected chi connectivity index (χ2v) is 9.24. The Bertz CT molecular complexity index is 553. The van der Waals surface area contributed by atoms with Gasteiger partial charge in [0.15, 0.2) is 6.54 Å². The van der Waals surface area contributed by atoms with E-state index < -0.39 is 0 Å². The van der Waals surface area contributed by atoms with Crippen molar-refractivity contribution >= 4 is 11.9 Å². The number of ether oxygens (including phenoxy) is 1. The average molecular weight is 459 g/mol. The molecule has 0 aromatic rings. The third-order valence-corrected chi connectivity index (χ3v) is 5.09. The highest BCUT2D eigenvalue weighted by atomic mass is 35.5. The molecule has 1 N–H and O–H groups in total.